The second-order valence-corrected chi connectivity index (χ2v) is 7.49. The molecule has 4 rings (SSSR count). The lowest BCUT2D eigenvalue weighted by Gasteiger charge is -2.05. The molecule has 1 saturated carbocycles. The molecule has 142 valence electrons. The molecule has 1 N–H and O–H groups in total. The number of anilines is 1. The molecule has 0 atom stereocenters. The van der Waals surface area contributed by atoms with E-state index in [0.29, 0.717) is 36.4 Å². The molecule has 0 bridgehead atoms. The largest absolute Gasteiger partial charge is 0.442 e. The third-order valence-electron chi connectivity index (χ3n) is 4.42. The molecule has 1 aliphatic carbocycles. The molecule has 0 saturated heterocycles. The van der Waals surface area contributed by atoms with Gasteiger partial charge < -0.3 is 9.15 Å². The molecule has 0 aliphatic heterocycles. The predicted octanol–water partition coefficient (Wildman–Crippen LogP) is 2.32. The van der Waals surface area contributed by atoms with Gasteiger partial charge in [0, 0.05) is 26.2 Å². The van der Waals surface area contributed by atoms with Crippen molar-refractivity contribution in [1.82, 2.24) is 19.7 Å². The van der Waals surface area contributed by atoms with Gasteiger partial charge in [-0.05, 0) is 26.2 Å². The normalized spacial score (nSPS) is 14.0. The van der Waals surface area contributed by atoms with Gasteiger partial charge in [0.2, 0.25) is 10.8 Å². The number of rotatable bonds is 7. The lowest BCUT2D eigenvalue weighted by Crippen LogP contribution is -2.23. The third kappa shape index (κ3) is 3.50. The monoisotopic (exact) mass is 389 g/mol. The number of fused-ring (bicyclic) bond motifs is 1. The van der Waals surface area contributed by atoms with Gasteiger partial charge in [0.1, 0.15) is 22.5 Å². The number of hydrogen-bond acceptors (Lipinski definition) is 8. The van der Waals surface area contributed by atoms with Crippen LogP contribution >= 0.6 is 11.3 Å². The first-order chi connectivity index (χ1) is 13.1. The summed E-state index contributed by atoms with van der Waals surface area (Å²) in [4.78, 5) is 29.8. The number of furan rings is 1. The van der Waals surface area contributed by atoms with Crippen LogP contribution in [0.1, 0.15) is 46.3 Å². The van der Waals surface area contributed by atoms with Gasteiger partial charge in [-0.1, -0.05) is 11.3 Å². The number of ether oxygens (including phenoxy) is 1. The van der Waals surface area contributed by atoms with E-state index in [2.05, 4.69) is 20.5 Å². The summed E-state index contributed by atoms with van der Waals surface area (Å²) in [6.45, 7) is 2.62. The van der Waals surface area contributed by atoms with Crippen molar-refractivity contribution in [2.75, 3.05) is 19.0 Å². The van der Waals surface area contributed by atoms with E-state index < -0.39 is 5.91 Å². The van der Waals surface area contributed by atoms with E-state index in [9.17, 15) is 9.59 Å². The number of hydrogen-bond donors (Lipinski definition) is 1. The topological polar surface area (TPSA) is 112 Å². The van der Waals surface area contributed by atoms with Gasteiger partial charge in [0.25, 0.3) is 11.5 Å². The molecule has 1 fully saturated rings. The number of methoxy groups -OCH3 is 1. The van der Waals surface area contributed by atoms with Crippen LogP contribution in [-0.2, 0) is 11.3 Å². The van der Waals surface area contributed by atoms with Crippen molar-refractivity contribution in [3.63, 3.8) is 0 Å². The van der Waals surface area contributed by atoms with E-state index in [4.69, 9.17) is 9.15 Å². The quantitative estimate of drug-likeness (QED) is 0.617. The summed E-state index contributed by atoms with van der Waals surface area (Å²) in [6, 6.07) is 0. The second kappa shape index (κ2) is 7.20. The van der Waals surface area contributed by atoms with Gasteiger partial charge in [-0.25, -0.2) is 4.98 Å². The molecule has 3 heterocycles. The lowest BCUT2D eigenvalue weighted by atomic mass is 10.2. The van der Waals surface area contributed by atoms with Gasteiger partial charge in [0.15, 0.2) is 0 Å². The first kappa shape index (κ1) is 17.8. The molecule has 1 aliphatic rings. The first-order valence-corrected chi connectivity index (χ1v) is 9.52. The van der Waals surface area contributed by atoms with Crippen molar-refractivity contribution < 1.29 is 13.9 Å². The smallest absolute Gasteiger partial charge is 0.265 e. The van der Waals surface area contributed by atoms with Gasteiger partial charge in [-0.2, -0.15) is 0 Å². The molecular formula is C17H19N5O4S. The zero-order chi connectivity index (χ0) is 19.0. The SMILES string of the molecule is COCCCn1cnc2oc(C)c(C(=O)Nc3nnc(C4CC4)s3)c2c1=O. The second-order valence-electron chi connectivity index (χ2n) is 6.48. The van der Waals surface area contributed by atoms with E-state index in [1.54, 1.807) is 14.0 Å². The lowest BCUT2D eigenvalue weighted by molar-refractivity contribution is 0.102. The zero-order valence-corrected chi connectivity index (χ0v) is 15.8. The Labute approximate surface area is 158 Å². The molecule has 9 nitrogen and oxygen atoms in total. The summed E-state index contributed by atoms with van der Waals surface area (Å²) >= 11 is 1.36. The van der Waals surface area contributed by atoms with Crippen molar-refractivity contribution in [2.45, 2.75) is 38.6 Å². The fourth-order valence-corrected chi connectivity index (χ4v) is 3.80. The van der Waals surface area contributed by atoms with Crippen LogP contribution in [-0.4, -0.2) is 39.4 Å². The van der Waals surface area contributed by atoms with Crippen LogP contribution < -0.4 is 10.9 Å². The third-order valence-corrected chi connectivity index (χ3v) is 5.42. The minimum atomic E-state index is -0.446. The summed E-state index contributed by atoms with van der Waals surface area (Å²) in [5, 5.41) is 12.4. The number of aryl methyl sites for hydroxylation is 2. The fraction of sp³-hybridized carbons (Fsp3) is 0.471. The van der Waals surface area contributed by atoms with Crippen LogP contribution in [0.25, 0.3) is 11.1 Å². The summed E-state index contributed by atoms with van der Waals surface area (Å²) in [7, 11) is 1.61. The highest BCUT2D eigenvalue weighted by Gasteiger charge is 2.28. The van der Waals surface area contributed by atoms with Crippen molar-refractivity contribution >= 4 is 33.5 Å². The van der Waals surface area contributed by atoms with Gasteiger partial charge in [-0.3, -0.25) is 19.5 Å². The summed E-state index contributed by atoms with van der Waals surface area (Å²) in [5.74, 6) is 0.361. The standard InChI is InChI=1S/C17H19N5O4S/c1-9-11(13(23)19-17-21-20-15(27-17)10-4-5-10)12-14(26-9)18-8-22(16(12)24)6-3-7-25-2/h8,10H,3-7H2,1-2H3,(H,19,21,23). The Balaban J connectivity index is 1.64. The van der Waals surface area contributed by atoms with Crippen LogP contribution in [0.3, 0.4) is 0 Å². The van der Waals surface area contributed by atoms with Gasteiger partial charge >= 0.3 is 0 Å². The summed E-state index contributed by atoms with van der Waals surface area (Å²) in [6.07, 6.45) is 4.32. The van der Waals surface area contributed by atoms with Crippen LogP contribution in [0.15, 0.2) is 15.5 Å². The molecule has 3 aromatic rings. The molecule has 10 heteroatoms. The van der Waals surface area contributed by atoms with Crippen molar-refractivity contribution in [3.05, 3.63) is 33.0 Å². The maximum absolute atomic E-state index is 12.8. The molecule has 0 aromatic carbocycles. The van der Waals surface area contributed by atoms with E-state index >= 15 is 0 Å². The average Bonchev–Trinajstić information content (AvgIpc) is 3.29. The molecule has 1 amide bonds. The highest BCUT2D eigenvalue weighted by molar-refractivity contribution is 7.15. The number of carbonyl (C=O) groups excluding carboxylic acids is 1. The fourth-order valence-electron chi connectivity index (χ4n) is 2.89. The van der Waals surface area contributed by atoms with Crippen LogP contribution in [0.2, 0.25) is 0 Å². The van der Waals surface area contributed by atoms with Crippen molar-refractivity contribution in [3.8, 4) is 0 Å². The Morgan fingerprint density at radius 3 is 3.00 bits per heavy atom. The first-order valence-electron chi connectivity index (χ1n) is 8.70. The van der Waals surface area contributed by atoms with Gasteiger partial charge in [-0.15, -0.1) is 10.2 Å². The minimum Gasteiger partial charge on any atom is -0.442 e. The molecular weight excluding hydrogens is 370 g/mol. The van der Waals surface area contributed by atoms with E-state index in [1.165, 1.54) is 22.2 Å². The number of aromatic nitrogens is 4. The highest BCUT2D eigenvalue weighted by Crippen LogP contribution is 2.42. The maximum atomic E-state index is 12.8. The Bertz CT molecular complexity index is 1050. The molecule has 0 unspecified atom stereocenters. The van der Waals surface area contributed by atoms with E-state index in [1.807, 2.05) is 0 Å². The van der Waals surface area contributed by atoms with Crippen LogP contribution in [0.4, 0.5) is 5.13 Å². The van der Waals surface area contributed by atoms with Crippen LogP contribution in [0.5, 0.6) is 0 Å². The van der Waals surface area contributed by atoms with Crippen LogP contribution in [0, 0.1) is 6.92 Å². The van der Waals surface area contributed by atoms with E-state index in [-0.39, 0.29) is 22.2 Å². The average molecular weight is 389 g/mol. The number of nitrogens with zero attached hydrogens (tertiary/aromatic N) is 4. The molecule has 3 aromatic heterocycles. The van der Waals surface area contributed by atoms with Gasteiger partial charge in [0.05, 0.1) is 5.56 Å². The van der Waals surface area contributed by atoms with Crippen molar-refractivity contribution in [1.29, 1.82) is 0 Å². The van der Waals surface area contributed by atoms with Crippen molar-refractivity contribution in [2.24, 2.45) is 0 Å². The zero-order valence-electron chi connectivity index (χ0n) is 15.0. The number of carbonyl (C=O) groups is 1. The Morgan fingerprint density at radius 1 is 1.44 bits per heavy atom. The predicted molar refractivity (Wildman–Crippen MR) is 99.3 cm³/mol. The number of amides is 1. The molecule has 0 spiro atoms. The number of nitrogens with one attached hydrogen (secondary N) is 1. The highest BCUT2D eigenvalue weighted by atomic mass is 32.1. The molecule has 27 heavy (non-hydrogen) atoms. The van der Waals surface area contributed by atoms with E-state index in [0.717, 1.165) is 17.8 Å². The molecule has 0 radical (unpaired) electrons. The minimum absolute atomic E-state index is 0.154. The Hall–Kier alpha value is -2.59. The summed E-state index contributed by atoms with van der Waals surface area (Å²) < 4.78 is 12.0. The Kier molecular flexibility index (Phi) is 4.75. The summed E-state index contributed by atoms with van der Waals surface area (Å²) in [5.41, 5.74) is 0.0300. The maximum Gasteiger partial charge on any atom is 0.265 e. The Morgan fingerprint density at radius 2 is 2.26 bits per heavy atom.